The monoisotopic (exact) mass is 384 g/mol. The van der Waals surface area contributed by atoms with Gasteiger partial charge in [-0.1, -0.05) is 32.0 Å². The van der Waals surface area contributed by atoms with Crippen molar-refractivity contribution in [3.63, 3.8) is 0 Å². The van der Waals surface area contributed by atoms with Gasteiger partial charge in [0.15, 0.2) is 0 Å². The first-order chi connectivity index (χ1) is 13.5. The molecule has 0 saturated carbocycles. The van der Waals surface area contributed by atoms with Crippen LogP contribution >= 0.6 is 0 Å². The summed E-state index contributed by atoms with van der Waals surface area (Å²) in [5.74, 6) is 0.661. The normalized spacial score (nSPS) is 17.3. The molecular formula is C22H32N4O2. The minimum Gasteiger partial charge on any atom is -0.361 e. The average molecular weight is 385 g/mol. The molecule has 6 heteroatoms. The van der Waals surface area contributed by atoms with Gasteiger partial charge in [-0.05, 0) is 43.7 Å². The number of carbonyl (C=O) groups excluding carboxylic acids is 2. The van der Waals surface area contributed by atoms with E-state index in [9.17, 15) is 9.59 Å². The molecule has 3 amide bonds. The Morgan fingerprint density at radius 1 is 1.21 bits per heavy atom. The predicted octanol–water partition coefficient (Wildman–Crippen LogP) is 3.44. The molecule has 3 rings (SSSR count). The molecule has 1 fully saturated rings. The molecule has 28 heavy (non-hydrogen) atoms. The zero-order valence-electron chi connectivity index (χ0n) is 17.1. The first-order valence-corrected chi connectivity index (χ1v) is 10.4. The van der Waals surface area contributed by atoms with Crippen LogP contribution in [-0.2, 0) is 11.2 Å². The summed E-state index contributed by atoms with van der Waals surface area (Å²) in [6.45, 7) is 7.73. The first-order valence-electron chi connectivity index (χ1n) is 10.4. The van der Waals surface area contributed by atoms with Gasteiger partial charge in [-0.15, -0.1) is 0 Å². The second-order valence-corrected chi connectivity index (χ2v) is 8.05. The lowest BCUT2D eigenvalue weighted by Crippen LogP contribution is -2.54. The van der Waals surface area contributed by atoms with Crippen molar-refractivity contribution in [2.24, 2.45) is 5.92 Å². The maximum absolute atomic E-state index is 13.2. The second-order valence-electron chi connectivity index (χ2n) is 8.05. The Labute approximate surface area is 167 Å². The minimum atomic E-state index is -0.573. The Hall–Kier alpha value is -2.50. The number of nitrogens with zero attached hydrogens (tertiary/aromatic N) is 1. The number of carbonyl (C=O) groups is 2. The maximum Gasteiger partial charge on any atom is 0.315 e. The van der Waals surface area contributed by atoms with Gasteiger partial charge in [0.05, 0.1) is 0 Å². The van der Waals surface area contributed by atoms with Crippen LogP contribution in [0.15, 0.2) is 30.5 Å². The van der Waals surface area contributed by atoms with Crippen LogP contribution in [-0.4, -0.2) is 47.0 Å². The predicted molar refractivity (Wildman–Crippen MR) is 112 cm³/mol. The lowest BCUT2D eigenvalue weighted by molar-refractivity contribution is -0.134. The number of H-pyrrole nitrogens is 1. The van der Waals surface area contributed by atoms with Gasteiger partial charge in [0.25, 0.3) is 0 Å². The van der Waals surface area contributed by atoms with Crippen LogP contribution < -0.4 is 10.6 Å². The number of likely N-dealkylation sites (tertiary alicyclic amines) is 1. The van der Waals surface area contributed by atoms with Gasteiger partial charge in [0.2, 0.25) is 5.91 Å². The Kier molecular flexibility index (Phi) is 6.60. The highest BCUT2D eigenvalue weighted by molar-refractivity contribution is 5.89. The highest BCUT2D eigenvalue weighted by atomic mass is 16.2. The third kappa shape index (κ3) is 4.86. The third-order valence-electron chi connectivity index (χ3n) is 5.79. The Morgan fingerprint density at radius 2 is 1.93 bits per heavy atom. The zero-order chi connectivity index (χ0) is 20.1. The molecule has 1 aliphatic heterocycles. The highest BCUT2D eigenvalue weighted by Gasteiger charge is 2.29. The van der Waals surface area contributed by atoms with E-state index in [0.29, 0.717) is 12.3 Å². The molecule has 0 radical (unpaired) electrons. The largest absolute Gasteiger partial charge is 0.361 e. The molecule has 2 unspecified atom stereocenters. The molecule has 2 aromatic rings. The number of urea groups is 1. The lowest BCUT2D eigenvalue weighted by Gasteiger charge is -2.33. The summed E-state index contributed by atoms with van der Waals surface area (Å²) in [6.07, 6.45) is 5.30. The van der Waals surface area contributed by atoms with Gasteiger partial charge in [0, 0.05) is 42.7 Å². The van der Waals surface area contributed by atoms with Crippen LogP contribution in [0.2, 0.25) is 0 Å². The molecule has 1 aromatic heterocycles. The second kappa shape index (κ2) is 9.13. The van der Waals surface area contributed by atoms with Crippen LogP contribution in [0.25, 0.3) is 10.9 Å². The third-order valence-corrected chi connectivity index (χ3v) is 5.79. The van der Waals surface area contributed by atoms with Gasteiger partial charge in [-0.3, -0.25) is 4.79 Å². The molecule has 152 valence electrons. The van der Waals surface area contributed by atoms with Crippen molar-refractivity contribution in [2.45, 2.75) is 58.5 Å². The van der Waals surface area contributed by atoms with E-state index in [1.807, 2.05) is 49.2 Å². The fourth-order valence-corrected chi connectivity index (χ4v) is 3.70. The fourth-order valence-electron chi connectivity index (χ4n) is 3.70. The number of piperidine rings is 1. The maximum atomic E-state index is 13.2. The molecule has 0 bridgehead atoms. The summed E-state index contributed by atoms with van der Waals surface area (Å²) in [7, 11) is 0. The van der Waals surface area contributed by atoms with E-state index in [1.54, 1.807) is 0 Å². The summed E-state index contributed by atoms with van der Waals surface area (Å²) in [4.78, 5) is 30.8. The van der Waals surface area contributed by atoms with E-state index in [4.69, 9.17) is 0 Å². The van der Waals surface area contributed by atoms with Crippen molar-refractivity contribution >= 4 is 22.8 Å². The Bertz CT molecular complexity index is 808. The number of fused-ring (bicyclic) bond motifs is 1. The number of aromatic amines is 1. The smallest absolute Gasteiger partial charge is 0.315 e. The number of rotatable bonds is 6. The number of aromatic nitrogens is 1. The van der Waals surface area contributed by atoms with E-state index < -0.39 is 6.04 Å². The van der Waals surface area contributed by atoms with Gasteiger partial charge < -0.3 is 20.5 Å². The lowest BCUT2D eigenvalue weighted by atomic mass is 9.97. The van der Waals surface area contributed by atoms with Crippen LogP contribution in [0.4, 0.5) is 4.79 Å². The van der Waals surface area contributed by atoms with Crippen LogP contribution in [0.3, 0.4) is 0 Å². The van der Waals surface area contributed by atoms with E-state index in [-0.39, 0.29) is 18.0 Å². The van der Waals surface area contributed by atoms with Gasteiger partial charge in [-0.25, -0.2) is 4.79 Å². The number of benzene rings is 1. The summed E-state index contributed by atoms with van der Waals surface area (Å²) in [5, 5.41) is 6.95. The van der Waals surface area contributed by atoms with Crippen LogP contribution in [0, 0.1) is 5.92 Å². The zero-order valence-corrected chi connectivity index (χ0v) is 17.1. The molecular weight excluding hydrogens is 352 g/mol. The number of hydrogen-bond acceptors (Lipinski definition) is 2. The number of hydrogen-bond donors (Lipinski definition) is 3. The summed E-state index contributed by atoms with van der Waals surface area (Å²) in [6, 6.07) is 7.26. The molecule has 2 heterocycles. The van der Waals surface area contributed by atoms with Crippen molar-refractivity contribution < 1.29 is 9.59 Å². The van der Waals surface area contributed by atoms with Gasteiger partial charge >= 0.3 is 6.03 Å². The summed E-state index contributed by atoms with van der Waals surface area (Å²) < 4.78 is 0. The van der Waals surface area contributed by atoms with Gasteiger partial charge in [-0.2, -0.15) is 0 Å². The van der Waals surface area contributed by atoms with E-state index in [2.05, 4.69) is 22.5 Å². The Balaban J connectivity index is 1.77. The first kappa shape index (κ1) is 20.2. The van der Waals surface area contributed by atoms with E-state index in [1.165, 1.54) is 0 Å². The summed E-state index contributed by atoms with van der Waals surface area (Å²) in [5.41, 5.74) is 2.09. The quantitative estimate of drug-likeness (QED) is 0.713. The number of nitrogens with one attached hydrogen (secondary N) is 3. The average Bonchev–Trinajstić information content (AvgIpc) is 3.10. The van der Waals surface area contributed by atoms with Crippen molar-refractivity contribution in [1.82, 2.24) is 20.5 Å². The topological polar surface area (TPSA) is 77.2 Å². The molecule has 1 aliphatic rings. The number of para-hydroxylation sites is 1. The molecule has 3 N–H and O–H groups in total. The van der Waals surface area contributed by atoms with Crippen LogP contribution in [0.1, 0.15) is 45.6 Å². The molecule has 0 spiro atoms. The molecule has 1 aromatic carbocycles. The van der Waals surface area contributed by atoms with Crippen molar-refractivity contribution in [2.75, 3.05) is 13.1 Å². The van der Waals surface area contributed by atoms with E-state index in [0.717, 1.165) is 48.8 Å². The molecule has 6 nitrogen and oxygen atoms in total. The fraction of sp³-hybridized carbons (Fsp3) is 0.545. The van der Waals surface area contributed by atoms with Crippen molar-refractivity contribution in [1.29, 1.82) is 0 Å². The van der Waals surface area contributed by atoms with Crippen molar-refractivity contribution in [3.8, 4) is 0 Å². The van der Waals surface area contributed by atoms with Crippen molar-refractivity contribution in [3.05, 3.63) is 36.0 Å². The molecule has 1 saturated heterocycles. The standard InChI is InChI=1S/C22H32N4O2/c1-4-16(3)24-22(28)25-20(21(27)26-11-9-15(2)10-12-26)13-17-14-23-19-8-6-5-7-18(17)19/h5-8,14-16,20,23H,4,9-13H2,1-3H3,(H2,24,25,28). The number of amides is 3. The van der Waals surface area contributed by atoms with E-state index >= 15 is 0 Å². The summed E-state index contributed by atoms with van der Waals surface area (Å²) >= 11 is 0. The molecule has 2 atom stereocenters. The highest BCUT2D eigenvalue weighted by Crippen LogP contribution is 2.21. The minimum absolute atomic E-state index is 0.0106. The van der Waals surface area contributed by atoms with Gasteiger partial charge in [0.1, 0.15) is 6.04 Å². The Morgan fingerprint density at radius 3 is 2.64 bits per heavy atom. The molecule has 0 aliphatic carbocycles. The SMILES string of the molecule is CCC(C)NC(=O)NC(Cc1c[nH]c2ccccc12)C(=O)N1CCC(C)CC1. The van der Waals surface area contributed by atoms with Crippen LogP contribution in [0.5, 0.6) is 0 Å².